The number of rotatable bonds is 0. The zero-order valence-corrected chi connectivity index (χ0v) is 20.4. The van der Waals surface area contributed by atoms with Crippen molar-refractivity contribution in [3.05, 3.63) is 22.3 Å². The largest absolute Gasteiger partial charge is 0.369 e. The second-order valence-corrected chi connectivity index (χ2v) is 12.5. The molecule has 32 heavy (non-hydrogen) atoms. The van der Waals surface area contributed by atoms with Crippen molar-refractivity contribution in [2.75, 3.05) is 6.54 Å². The van der Waals surface area contributed by atoms with Gasteiger partial charge in [-0.15, -0.1) is 0 Å². The lowest BCUT2D eigenvalue weighted by Crippen LogP contribution is -2.50. The third kappa shape index (κ3) is 3.08. The number of fused-ring (bicyclic) bond motifs is 5. The van der Waals surface area contributed by atoms with E-state index in [2.05, 4.69) is 27.7 Å². The number of allylic oxidation sites excluding steroid dienone is 3. The molecule has 0 radical (unpaired) electrons. The van der Waals surface area contributed by atoms with Crippen molar-refractivity contribution in [1.82, 2.24) is 5.06 Å². The fraction of sp³-hybridized carbons (Fsp3) is 0.821. The molecule has 0 aromatic rings. The molecule has 1 N–H and O–H groups in total. The average Bonchev–Trinajstić information content (AvgIpc) is 3.16. The van der Waals surface area contributed by atoms with E-state index in [0.29, 0.717) is 35.4 Å². The number of hydrogen-bond acceptors (Lipinski definition) is 4. The van der Waals surface area contributed by atoms with Crippen LogP contribution in [0.3, 0.4) is 0 Å². The fourth-order valence-electron chi connectivity index (χ4n) is 9.32. The predicted molar refractivity (Wildman–Crippen MR) is 124 cm³/mol. The Balaban J connectivity index is 1.30. The molecular weight excluding hydrogens is 398 g/mol. The summed E-state index contributed by atoms with van der Waals surface area (Å²) in [7, 11) is 0. The normalized spacial score (nSPS) is 49.1. The monoisotopic (exact) mass is 439 g/mol. The summed E-state index contributed by atoms with van der Waals surface area (Å²) >= 11 is 0. The minimum absolute atomic E-state index is 0.110. The molecule has 3 fully saturated rings. The Morgan fingerprint density at radius 3 is 2.75 bits per heavy atom. The molecule has 0 aromatic carbocycles. The molecule has 2 saturated heterocycles. The zero-order valence-electron chi connectivity index (χ0n) is 20.4. The highest BCUT2D eigenvalue weighted by molar-refractivity contribution is 5.83. The van der Waals surface area contributed by atoms with Crippen molar-refractivity contribution in [3.63, 3.8) is 0 Å². The van der Waals surface area contributed by atoms with Crippen molar-refractivity contribution in [2.45, 2.75) is 103 Å². The Labute approximate surface area is 193 Å². The maximum absolute atomic E-state index is 12.2. The number of carbonyl (C=O) groups is 1. The Bertz CT molecular complexity index is 889. The topological polar surface area (TPSA) is 49.8 Å². The molecule has 4 heteroatoms. The predicted octanol–water partition coefficient (Wildman–Crippen LogP) is 5.70. The second-order valence-electron chi connectivity index (χ2n) is 12.5. The number of ketones is 1. The van der Waals surface area contributed by atoms with Gasteiger partial charge >= 0.3 is 0 Å². The Morgan fingerprint density at radius 1 is 1.12 bits per heavy atom. The molecule has 9 atom stereocenters. The van der Waals surface area contributed by atoms with Gasteiger partial charge in [0.05, 0.1) is 17.7 Å². The van der Waals surface area contributed by atoms with E-state index in [4.69, 9.17) is 4.74 Å². The molecule has 176 valence electrons. The van der Waals surface area contributed by atoms with Crippen molar-refractivity contribution in [1.29, 1.82) is 0 Å². The smallest absolute Gasteiger partial charge is 0.137 e. The average molecular weight is 440 g/mol. The van der Waals surface area contributed by atoms with Crippen LogP contribution >= 0.6 is 0 Å². The Morgan fingerprint density at radius 2 is 1.94 bits per heavy atom. The summed E-state index contributed by atoms with van der Waals surface area (Å²) in [6, 6.07) is 0.151. The van der Waals surface area contributed by atoms with Crippen LogP contribution in [0.5, 0.6) is 0 Å². The van der Waals surface area contributed by atoms with Crippen LogP contribution in [0.4, 0.5) is 0 Å². The molecule has 6 aliphatic rings. The van der Waals surface area contributed by atoms with E-state index >= 15 is 0 Å². The third-order valence-corrected chi connectivity index (χ3v) is 10.6. The van der Waals surface area contributed by atoms with Gasteiger partial charge in [-0.05, 0) is 81.5 Å². The first-order valence-corrected chi connectivity index (χ1v) is 13.3. The van der Waals surface area contributed by atoms with Gasteiger partial charge in [-0.1, -0.05) is 43.1 Å². The summed E-state index contributed by atoms with van der Waals surface area (Å²) in [4.78, 5) is 12.2. The van der Waals surface area contributed by atoms with Gasteiger partial charge in [0.25, 0.3) is 0 Å². The van der Waals surface area contributed by atoms with Gasteiger partial charge in [-0.2, -0.15) is 5.06 Å². The van der Waals surface area contributed by atoms with Gasteiger partial charge < -0.3 is 9.94 Å². The molecule has 0 amide bonds. The van der Waals surface area contributed by atoms with Crippen molar-refractivity contribution in [3.8, 4) is 0 Å². The van der Waals surface area contributed by atoms with E-state index in [1.807, 2.05) is 0 Å². The Hall–Kier alpha value is -0.970. The molecule has 4 nitrogen and oxygen atoms in total. The lowest BCUT2D eigenvalue weighted by molar-refractivity contribution is -0.178. The van der Waals surface area contributed by atoms with Crippen LogP contribution in [-0.4, -0.2) is 40.3 Å². The number of nitrogens with zero attached hydrogens (tertiary/aromatic N) is 1. The van der Waals surface area contributed by atoms with Gasteiger partial charge in [-0.25, -0.2) is 0 Å². The third-order valence-electron chi connectivity index (χ3n) is 10.6. The summed E-state index contributed by atoms with van der Waals surface area (Å²) in [6.45, 7) is 10.0. The first-order chi connectivity index (χ1) is 15.3. The fourth-order valence-corrected chi connectivity index (χ4v) is 9.32. The minimum Gasteiger partial charge on any atom is -0.369 e. The van der Waals surface area contributed by atoms with Crippen molar-refractivity contribution < 1.29 is 14.7 Å². The van der Waals surface area contributed by atoms with E-state index in [0.717, 1.165) is 51.0 Å². The lowest BCUT2D eigenvalue weighted by Gasteiger charge is -2.39. The lowest BCUT2D eigenvalue weighted by atomic mass is 9.66. The van der Waals surface area contributed by atoms with E-state index in [9.17, 15) is 10.0 Å². The summed E-state index contributed by atoms with van der Waals surface area (Å²) < 4.78 is 6.93. The Kier molecular flexibility index (Phi) is 5.06. The number of carbonyl (C=O) groups excluding carboxylic acids is 1. The zero-order chi connectivity index (χ0) is 22.4. The van der Waals surface area contributed by atoms with E-state index in [1.165, 1.54) is 24.8 Å². The van der Waals surface area contributed by atoms with E-state index in [-0.39, 0.29) is 17.7 Å². The first kappa shape index (κ1) is 21.6. The molecule has 0 unspecified atom stereocenters. The molecular formula is C28H41NO3. The maximum Gasteiger partial charge on any atom is 0.137 e. The molecule has 1 spiro atoms. The SMILES string of the molecule is CC1=C2C[C@@H]3C4=C(CC[C@H]3[C@@H]2CC[C@@]2(C1)O[C@@H]1C[C@H](C)CN(O)[C@H]1[C@H]2C)CC(=O)C[C@H]4C. The first-order valence-electron chi connectivity index (χ1n) is 13.3. The van der Waals surface area contributed by atoms with Gasteiger partial charge in [-0.3, -0.25) is 4.79 Å². The maximum atomic E-state index is 12.2. The standard InChI is InChI=1S/C28H41NO3/c1-15-9-25-27(29(31)14-15)18(4)28(32-25)8-7-22-21-6-5-19-11-20(30)10-16(2)26(19)24(21)12-23(22)17(3)13-28/h15-16,18,21-22,24-25,27,31H,5-14H2,1-4H3/t15-,16+,18+,21-,22-,24-,25+,27-,28-/m0/s1. The molecule has 2 heterocycles. The van der Waals surface area contributed by atoms with Crippen LogP contribution in [-0.2, 0) is 9.53 Å². The number of piperidine rings is 1. The quantitative estimate of drug-likeness (QED) is 0.492. The molecule has 6 rings (SSSR count). The van der Waals surface area contributed by atoms with Crippen molar-refractivity contribution in [2.24, 2.45) is 35.5 Å². The molecule has 0 aromatic heterocycles. The van der Waals surface area contributed by atoms with Crippen LogP contribution in [0, 0.1) is 35.5 Å². The number of ether oxygens (including phenoxy) is 1. The van der Waals surface area contributed by atoms with Crippen LogP contribution < -0.4 is 0 Å². The van der Waals surface area contributed by atoms with Crippen molar-refractivity contribution >= 4 is 5.78 Å². The molecule has 1 saturated carbocycles. The van der Waals surface area contributed by atoms with Gasteiger partial charge in [0.2, 0.25) is 0 Å². The molecule has 0 bridgehead atoms. The minimum atomic E-state index is -0.110. The molecule has 4 aliphatic carbocycles. The van der Waals surface area contributed by atoms with Crippen LogP contribution in [0.15, 0.2) is 22.3 Å². The highest BCUT2D eigenvalue weighted by atomic mass is 16.5. The second kappa shape index (κ2) is 7.52. The van der Waals surface area contributed by atoms with Gasteiger partial charge in [0.1, 0.15) is 5.78 Å². The van der Waals surface area contributed by atoms with E-state index < -0.39 is 0 Å². The van der Waals surface area contributed by atoms with E-state index in [1.54, 1.807) is 21.8 Å². The highest BCUT2D eigenvalue weighted by Crippen LogP contribution is 2.60. The molecule has 2 aliphatic heterocycles. The number of hydrogen-bond donors (Lipinski definition) is 1. The number of hydroxylamine groups is 2. The van der Waals surface area contributed by atoms with Crippen LogP contribution in [0.1, 0.15) is 85.5 Å². The highest BCUT2D eigenvalue weighted by Gasteiger charge is 2.58. The van der Waals surface area contributed by atoms with Gasteiger partial charge in [0.15, 0.2) is 0 Å². The number of Topliss-reactive ketones (excluding diaryl/α,β-unsaturated/α-hetero) is 1. The summed E-state index contributed by atoms with van der Waals surface area (Å²) in [5.74, 6) is 3.90. The van der Waals surface area contributed by atoms with Crippen LogP contribution in [0.25, 0.3) is 0 Å². The van der Waals surface area contributed by atoms with Gasteiger partial charge in [0, 0.05) is 25.3 Å². The summed E-state index contributed by atoms with van der Waals surface area (Å²) in [5, 5.41) is 12.4. The summed E-state index contributed by atoms with van der Waals surface area (Å²) in [5.41, 5.74) is 6.39. The summed E-state index contributed by atoms with van der Waals surface area (Å²) in [6.07, 6.45) is 9.77. The van der Waals surface area contributed by atoms with Crippen LogP contribution in [0.2, 0.25) is 0 Å².